The number of hydrogen-bond donors (Lipinski definition) is 1. The van der Waals surface area contributed by atoms with Gasteiger partial charge in [0.2, 0.25) is 0 Å². The average molecular weight is 322 g/mol. The molecular weight excluding hydrogens is 302 g/mol. The van der Waals surface area contributed by atoms with Gasteiger partial charge in [0.25, 0.3) is 0 Å². The summed E-state index contributed by atoms with van der Waals surface area (Å²) in [5, 5.41) is 3.53. The minimum Gasteiger partial charge on any atom is -0.334 e. The molecule has 1 heterocycles. The Kier molecular flexibility index (Phi) is 5.16. The number of aromatic nitrogens is 2. The van der Waals surface area contributed by atoms with Gasteiger partial charge in [0.15, 0.2) is 0 Å². The Morgan fingerprint density at radius 3 is 2.74 bits per heavy atom. The predicted octanol–water partition coefficient (Wildman–Crippen LogP) is 3.39. The van der Waals surface area contributed by atoms with E-state index in [0.29, 0.717) is 6.04 Å². The summed E-state index contributed by atoms with van der Waals surface area (Å²) in [6.07, 6.45) is 4.91. The first-order valence-corrected chi connectivity index (χ1v) is 7.46. The summed E-state index contributed by atoms with van der Waals surface area (Å²) in [4.78, 5) is 4.37. The molecule has 1 N–H and O–H groups in total. The van der Waals surface area contributed by atoms with Crippen LogP contribution in [0.2, 0.25) is 0 Å². The van der Waals surface area contributed by atoms with Crippen LogP contribution in [0.3, 0.4) is 0 Å². The lowest BCUT2D eigenvalue weighted by Gasteiger charge is -2.14. The first-order valence-electron chi connectivity index (χ1n) is 6.67. The summed E-state index contributed by atoms with van der Waals surface area (Å²) in [7, 11) is 0. The number of benzene rings is 1. The fraction of sp³-hybridized carbons (Fsp3) is 0.400. The standard InChI is InChI=1S/C15H20BrN3/c1-3-19-9-8-17-15(19)11-18-12(2)10-13-4-6-14(16)7-5-13/h4-9,12,18H,3,10-11H2,1-2H3. The van der Waals surface area contributed by atoms with Gasteiger partial charge in [-0.25, -0.2) is 4.98 Å². The molecule has 1 aromatic carbocycles. The summed E-state index contributed by atoms with van der Waals surface area (Å²) >= 11 is 3.46. The Morgan fingerprint density at radius 1 is 1.32 bits per heavy atom. The van der Waals surface area contributed by atoms with Gasteiger partial charge in [0, 0.05) is 29.5 Å². The van der Waals surface area contributed by atoms with Gasteiger partial charge in [-0.3, -0.25) is 0 Å². The maximum Gasteiger partial charge on any atom is 0.122 e. The third-order valence-corrected chi connectivity index (χ3v) is 3.73. The van der Waals surface area contributed by atoms with Crippen molar-refractivity contribution < 1.29 is 0 Å². The zero-order valence-electron chi connectivity index (χ0n) is 11.4. The molecule has 0 aliphatic heterocycles. The molecule has 0 spiro atoms. The van der Waals surface area contributed by atoms with Gasteiger partial charge in [0.1, 0.15) is 5.82 Å². The zero-order chi connectivity index (χ0) is 13.7. The summed E-state index contributed by atoms with van der Waals surface area (Å²) in [6, 6.07) is 8.94. The van der Waals surface area contributed by atoms with Gasteiger partial charge in [-0.2, -0.15) is 0 Å². The molecule has 0 aliphatic rings. The molecule has 4 heteroatoms. The van der Waals surface area contributed by atoms with E-state index in [1.165, 1.54) is 5.56 Å². The molecule has 0 saturated carbocycles. The number of nitrogens with zero attached hydrogens (tertiary/aromatic N) is 2. The third kappa shape index (κ3) is 4.18. The molecule has 0 aliphatic carbocycles. The molecule has 3 nitrogen and oxygen atoms in total. The Labute approximate surface area is 123 Å². The summed E-state index contributed by atoms with van der Waals surface area (Å²) in [6.45, 7) is 6.13. The quantitative estimate of drug-likeness (QED) is 0.883. The van der Waals surface area contributed by atoms with Gasteiger partial charge < -0.3 is 9.88 Å². The van der Waals surface area contributed by atoms with Crippen molar-refractivity contribution in [3.63, 3.8) is 0 Å². The lowest BCUT2D eigenvalue weighted by atomic mass is 10.1. The van der Waals surface area contributed by atoms with Crippen LogP contribution >= 0.6 is 15.9 Å². The van der Waals surface area contributed by atoms with Crippen molar-refractivity contribution >= 4 is 15.9 Å². The smallest absolute Gasteiger partial charge is 0.122 e. The van der Waals surface area contributed by atoms with Crippen molar-refractivity contribution in [1.29, 1.82) is 0 Å². The van der Waals surface area contributed by atoms with E-state index in [2.05, 4.69) is 68.9 Å². The van der Waals surface area contributed by atoms with Crippen LogP contribution in [0, 0.1) is 0 Å². The second kappa shape index (κ2) is 6.87. The SMILES string of the molecule is CCn1ccnc1CNC(C)Cc1ccc(Br)cc1. The Balaban J connectivity index is 1.84. The topological polar surface area (TPSA) is 29.9 Å². The van der Waals surface area contributed by atoms with Gasteiger partial charge in [-0.15, -0.1) is 0 Å². The van der Waals surface area contributed by atoms with E-state index in [9.17, 15) is 0 Å². The van der Waals surface area contributed by atoms with Crippen molar-refractivity contribution in [1.82, 2.24) is 14.9 Å². The first kappa shape index (κ1) is 14.3. The number of imidazole rings is 1. The third-order valence-electron chi connectivity index (χ3n) is 3.21. The zero-order valence-corrected chi connectivity index (χ0v) is 13.0. The molecule has 0 bridgehead atoms. The molecule has 1 unspecified atom stereocenters. The molecule has 1 atom stereocenters. The van der Waals surface area contributed by atoms with E-state index in [1.54, 1.807) is 0 Å². The van der Waals surface area contributed by atoms with Crippen LogP contribution in [0.4, 0.5) is 0 Å². The highest BCUT2D eigenvalue weighted by molar-refractivity contribution is 9.10. The molecule has 19 heavy (non-hydrogen) atoms. The van der Waals surface area contributed by atoms with Gasteiger partial charge in [-0.1, -0.05) is 28.1 Å². The van der Waals surface area contributed by atoms with E-state index in [1.807, 2.05) is 12.4 Å². The highest BCUT2D eigenvalue weighted by atomic mass is 79.9. The van der Waals surface area contributed by atoms with E-state index in [-0.39, 0.29) is 0 Å². The highest BCUT2D eigenvalue weighted by Crippen LogP contribution is 2.12. The maximum absolute atomic E-state index is 4.37. The molecule has 2 rings (SSSR count). The lowest BCUT2D eigenvalue weighted by Crippen LogP contribution is -2.28. The molecule has 2 aromatic rings. The van der Waals surface area contributed by atoms with Crippen LogP contribution < -0.4 is 5.32 Å². The summed E-state index contributed by atoms with van der Waals surface area (Å²) in [5.74, 6) is 1.10. The molecular formula is C15H20BrN3. The van der Waals surface area contributed by atoms with Crippen molar-refractivity contribution in [2.45, 2.75) is 39.4 Å². The Bertz CT molecular complexity index is 504. The normalized spacial score (nSPS) is 12.6. The fourth-order valence-electron chi connectivity index (χ4n) is 2.11. The first-order chi connectivity index (χ1) is 9.19. The fourth-order valence-corrected chi connectivity index (χ4v) is 2.37. The molecule has 0 amide bonds. The van der Waals surface area contributed by atoms with Gasteiger partial charge in [0.05, 0.1) is 6.54 Å². The number of nitrogens with one attached hydrogen (secondary N) is 1. The molecule has 1 aromatic heterocycles. The Morgan fingerprint density at radius 2 is 2.05 bits per heavy atom. The van der Waals surface area contributed by atoms with Crippen molar-refractivity contribution in [2.24, 2.45) is 0 Å². The van der Waals surface area contributed by atoms with Crippen LogP contribution in [0.1, 0.15) is 25.2 Å². The maximum atomic E-state index is 4.37. The second-order valence-electron chi connectivity index (χ2n) is 4.74. The van der Waals surface area contributed by atoms with Crippen LogP contribution in [-0.4, -0.2) is 15.6 Å². The number of hydrogen-bond acceptors (Lipinski definition) is 2. The number of halogens is 1. The van der Waals surface area contributed by atoms with Crippen molar-refractivity contribution in [3.8, 4) is 0 Å². The van der Waals surface area contributed by atoms with Crippen molar-refractivity contribution in [3.05, 3.63) is 52.5 Å². The monoisotopic (exact) mass is 321 g/mol. The van der Waals surface area contributed by atoms with E-state index in [4.69, 9.17) is 0 Å². The van der Waals surface area contributed by atoms with Crippen LogP contribution in [0.15, 0.2) is 41.1 Å². The average Bonchev–Trinajstić information content (AvgIpc) is 2.86. The molecule has 0 saturated heterocycles. The second-order valence-corrected chi connectivity index (χ2v) is 5.66. The van der Waals surface area contributed by atoms with Crippen LogP contribution in [0.5, 0.6) is 0 Å². The largest absolute Gasteiger partial charge is 0.334 e. The molecule has 102 valence electrons. The highest BCUT2D eigenvalue weighted by Gasteiger charge is 2.06. The molecule has 0 radical (unpaired) electrons. The predicted molar refractivity (Wildman–Crippen MR) is 82.0 cm³/mol. The van der Waals surface area contributed by atoms with Crippen LogP contribution in [0.25, 0.3) is 0 Å². The summed E-state index contributed by atoms with van der Waals surface area (Å²) < 4.78 is 3.29. The van der Waals surface area contributed by atoms with Crippen LogP contribution in [-0.2, 0) is 19.5 Å². The number of rotatable bonds is 6. The van der Waals surface area contributed by atoms with Gasteiger partial charge in [-0.05, 0) is 38.0 Å². The van der Waals surface area contributed by atoms with Crippen molar-refractivity contribution in [2.75, 3.05) is 0 Å². The Hall–Kier alpha value is -1.13. The minimum absolute atomic E-state index is 0.434. The van der Waals surface area contributed by atoms with E-state index >= 15 is 0 Å². The van der Waals surface area contributed by atoms with E-state index in [0.717, 1.165) is 29.8 Å². The summed E-state index contributed by atoms with van der Waals surface area (Å²) in [5.41, 5.74) is 1.35. The lowest BCUT2D eigenvalue weighted by molar-refractivity contribution is 0.519. The van der Waals surface area contributed by atoms with E-state index < -0.39 is 0 Å². The molecule has 0 fully saturated rings. The van der Waals surface area contributed by atoms with Gasteiger partial charge >= 0.3 is 0 Å². The number of aryl methyl sites for hydroxylation is 1. The minimum atomic E-state index is 0.434.